The summed E-state index contributed by atoms with van der Waals surface area (Å²) in [5, 5.41) is 12.9. The number of nitrogens with one attached hydrogen (secondary N) is 1. The third-order valence-electron chi connectivity index (χ3n) is 3.16. The summed E-state index contributed by atoms with van der Waals surface area (Å²) in [6, 6.07) is 6.38. The van der Waals surface area contributed by atoms with Crippen LogP contribution in [0.25, 0.3) is 0 Å². The number of hydrogen-bond donors (Lipinski definition) is 2. The van der Waals surface area contributed by atoms with Gasteiger partial charge in [-0.1, -0.05) is 19.4 Å². The van der Waals surface area contributed by atoms with Crippen molar-refractivity contribution in [1.82, 2.24) is 5.32 Å². The lowest BCUT2D eigenvalue weighted by atomic mass is 10.2. The molecule has 1 aliphatic carbocycles. The zero-order valence-corrected chi connectivity index (χ0v) is 11.1. The summed E-state index contributed by atoms with van der Waals surface area (Å²) in [6.45, 7) is 3.14. The van der Waals surface area contributed by atoms with E-state index in [1.807, 2.05) is 12.1 Å². The smallest absolute Gasteiger partial charge is 0.129 e. The Bertz CT molecular complexity index is 367. The Hall–Kier alpha value is -0.540. The fourth-order valence-electron chi connectivity index (χ4n) is 2.10. The Balaban J connectivity index is 1.80. The van der Waals surface area contributed by atoms with Gasteiger partial charge in [-0.15, -0.1) is 0 Å². The molecular formula is C13H18BrNO. The largest absolute Gasteiger partial charge is 0.507 e. The minimum absolute atomic E-state index is 0.305. The molecule has 1 aliphatic rings. The minimum Gasteiger partial charge on any atom is -0.507 e. The first kappa shape index (κ1) is 11.9. The van der Waals surface area contributed by atoms with Crippen LogP contribution in [0, 0.1) is 5.92 Å². The molecular weight excluding hydrogens is 266 g/mol. The van der Waals surface area contributed by atoms with E-state index in [0.29, 0.717) is 11.8 Å². The minimum atomic E-state index is 0.305. The van der Waals surface area contributed by atoms with Gasteiger partial charge in [-0.2, -0.15) is 0 Å². The fourth-order valence-corrected chi connectivity index (χ4v) is 2.52. The maximum Gasteiger partial charge on any atom is 0.129 e. The van der Waals surface area contributed by atoms with E-state index in [9.17, 15) is 5.11 Å². The molecule has 2 unspecified atom stereocenters. The lowest BCUT2D eigenvalue weighted by Gasteiger charge is -2.05. The molecule has 2 atom stereocenters. The van der Waals surface area contributed by atoms with Gasteiger partial charge in [0.25, 0.3) is 0 Å². The highest BCUT2D eigenvalue weighted by Gasteiger charge is 2.35. The molecule has 1 fully saturated rings. The molecule has 3 heteroatoms. The molecule has 0 radical (unpaired) electrons. The Morgan fingerprint density at radius 1 is 1.50 bits per heavy atom. The van der Waals surface area contributed by atoms with E-state index in [1.54, 1.807) is 6.07 Å². The fraction of sp³-hybridized carbons (Fsp3) is 0.538. The molecule has 0 saturated heterocycles. The van der Waals surface area contributed by atoms with Crippen molar-refractivity contribution in [2.24, 2.45) is 5.92 Å². The molecule has 88 valence electrons. The van der Waals surface area contributed by atoms with Crippen LogP contribution in [0.2, 0.25) is 0 Å². The Labute approximate surface area is 105 Å². The molecule has 0 spiro atoms. The molecule has 2 nitrogen and oxygen atoms in total. The van der Waals surface area contributed by atoms with Gasteiger partial charge in [-0.05, 0) is 52.4 Å². The van der Waals surface area contributed by atoms with Gasteiger partial charge in [-0.3, -0.25) is 0 Å². The van der Waals surface area contributed by atoms with Crippen LogP contribution in [0.1, 0.15) is 31.7 Å². The second-order valence-corrected chi connectivity index (χ2v) is 5.41. The van der Waals surface area contributed by atoms with Crippen LogP contribution in [0.15, 0.2) is 22.7 Å². The lowest BCUT2D eigenvalue weighted by molar-refractivity contribution is 0.471. The number of hydrogen-bond acceptors (Lipinski definition) is 2. The molecule has 1 aromatic carbocycles. The van der Waals surface area contributed by atoms with Crippen molar-refractivity contribution in [2.45, 2.75) is 38.8 Å². The monoisotopic (exact) mass is 283 g/mol. The molecule has 16 heavy (non-hydrogen) atoms. The Morgan fingerprint density at radius 3 is 3.00 bits per heavy atom. The van der Waals surface area contributed by atoms with Crippen molar-refractivity contribution < 1.29 is 5.11 Å². The van der Waals surface area contributed by atoms with Crippen LogP contribution in [-0.4, -0.2) is 11.1 Å². The van der Waals surface area contributed by atoms with Gasteiger partial charge in [-0.25, -0.2) is 0 Å². The van der Waals surface area contributed by atoms with Crippen molar-refractivity contribution in [3.63, 3.8) is 0 Å². The van der Waals surface area contributed by atoms with Gasteiger partial charge >= 0.3 is 0 Å². The number of rotatable bonds is 5. The lowest BCUT2D eigenvalue weighted by Crippen LogP contribution is -2.17. The molecule has 1 aromatic rings. The highest BCUT2D eigenvalue weighted by atomic mass is 79.9. The van der Waals surface area contributed by atoms with E-state index in [-0.39, 0.29) is 0 Å². The summed E-state index contributed by atoms with van der Waals surface area (Å²) in [5.74, 6) is 1.20. The average Bonchev–Trinajstić information content (AvgIpc) is 2.99. The predicted octanol–water partition coefficient (Wildman–Crippen LogP) is 3.43. The van der Waals surface area contributed by atoms with E-state index in [1.165, 1.54) is 24.8 Å². The highest BCUT2D eigenvalue weighted by Crippen LogP contribution is 2.34. The summed E-state index contributed by atoms with van der Waals surface area (Å²) in [7, 11) is 0. The Morgan fingerprint density at radius 2 is 2.31 bits per heavy atom. The predicted molar refractivity (Wildman–Crippen MR) is 69.4 cm³/mol. The summed E-state index contributed by atoms with van der Waals surface area (Å²) in [6.07, 6.45) is 3.96. The van der Waals surface area contributed by atoms with E-state index in [0.717, 1.165) is 16.9 Å². The first-order valence-electron chi connectivity index (χ1n) is 5.91. The van der Waals surface area contributed by atoms with Crippen LogP contribution < -0.4 is 5.32 Å². The molecule has 2 rings (SSSR count). The number of halogens is 1. The van der Waals surface area contributed by atoms with Gasteiger partial charge < -0.3 is 10.4 Å². The van der Waals surface area contributed by atoms with Crippen molar-refractivity contribution in [1.29, 1.82) is 0 Å². The van der Waals surface area contributed by atoms with Crippen LogP contribution in [0.4, 0.5) is 0 Å². The van der Waals surface area contributed by atoms with Gasteiger partial charge in [0.05, 0.1) is 4.47 Å². The van der Waals surface area contributed by atoms with Gasteiger partial charge in [0, 0.05) is 12.6 Å². The Kier molecular flexibility index (Phi) is 3.87. The van der Waals surface area contributed by atoms with Crippen molar-refractivity contribution >= 4 is 15.9 Å². The summed E-state index contributed by atoms with van der Waals surface area (Å²) in [5.41, 5.74) is 1.21. The van der Waals surface area contributed by atoms with Crippen LogP contribution >= 0.6 is 15.9 Å². The molecule has 0 aliphatic heterocycles. The van der Waals surface area contributed by atoms with Crippen LogP contribution in [0.3, 0.4) is 0 Å². The van der Waals surface area contributed by atoms with E-state index in [4.69, 9.17) is 0 Å². The van der Waals surface area contributed by atoms with Crippen molar-refractivity contribution in [3.05, 3.63) is 28.2 Å². The van der Waals surface area contributed by atoms with E-state index in [2.05, 4.69) is 28.2 Å². The quantitative estimate of drug-likeness (QED) is 0.868. The summed E-state index contributed by atoms with van der Waals surface area (Å²) in [4.78, 5) is 0. The third kappa shape index (κ3) is 2.98. The zero-order valence-electron chi connectivity index (χ0n) is 9.54. The van der Waals surface area contributed by atoms with Crippen LogP contribution in [-0.2, 0) is 6.54 Å². The number of benzene rings is 1. The standard InChI is InChI=1S/C13H18BrNO/c1-2-3-10-7-12(10)15-8-9-4-5-13(16)11(14)6-9/h4-6,10,12,15-16H,2-3,7-8H2,1H3. The van der Waals surface area contributed by atoms with E-state index < -0.39 is 0 Å². The molecule has 0 aromatic heterocycles. The normalized spacial score (nSPS) is 23.4. The molecule has 0 heterocycles. The van der Waals surface area contributed by atoms with Crippen molar-refractivity contribution in [3.8, 4) is 5.75 Å². The van der Waals surface area contributed by atoms with E-state index >= 15 is 0 Å². The average molecular weight is 284 g/mol. The summed E-state index contributed by atoms with van der Waals surface area (Å²) >= 11 is 3.33. The maximum absolute atomic E-state index is 9.38. The SMILES string of the molecule is CCCC1CC1NCc1ccc(O)c(Br)c1. The second kappa shape index (κ2) is 5.19. The second-order valence-electron chi connectivity index (χ2n) is 4.56. The molecule has 0 bridgehead atoms. The summed E-state index contributed by atoms with van der Waals surface area (Å²) < 4.78 is 0.771. The third-order valence-corrected chi connectivity index (χ3v) is 3.80. The zero-order chi connectivity index (χ0) is 11.5. The van der Waals surface area contributed by atoms with Crippen molar-refractivity contribution in [2.75, 3.05) is 0 Å². The number of aromatic hydroxyl groups is 1. The first-order chi connectivity index (χ1) is 7.70. The van der Waals surface area contributed by atoms with Gasteiger partial charge in [0.15, 0.2) is 0 Å². The molecule has 2 N–H and O–H groups in total. The van der Waals surface area contributed by atoms with Crippen LogP contribution in [0.5, 0.6) is 5.75 Å². The maximum atomic E-state index is 9.38. The molecule has 1 saturated carbocycles. The number of phenolic OH excluding ortho intramolecular Hbond substituents is 1. The topological polar surface area (TPSA) is 32.3 Å². The van der Waals surface area contributed by atoms with Gasteiger partial charge in [0.1, 0.15) is 5.75 Å². The first-order valence-corrected chi connectivity index (χ1v) is 6.70. The number of phenols is 1. The van der Waals surface area contributed by atoms with Gasteiger partial charge in [0.2, 0.25) is 0 Å². The molecule has 0 amide bonds. The highest BCUT2D eigenvalue weighted by molar-refractivity contribution is 9.10.